The van der Waals surface area contributed by atoms with Crippen LogP contribution in [0.5, 0.6) is 5.75 Å². The first-order valence-electron chi connectivity index (χ1n) is 8.23. The molecule has 134 valence electrons. The summed E-state index contributed by atoms with van der Waals surface area (Å²) in [6.07, 6.45) is 5.06. The number of methoxy groups -OCH3 is 1. The highest BCUT2D eigenvalue weighted by Crippen LogP contribution is 2.26. The number of ether oxygens (including phenoxy) is 1. The Hall–Kier alpha value is -3.45. The molecule has 0 spiro atoms. The molecule has 0 aliphatic heterocycles. The van der Waals surface area contributed by atoms with Gasteiger partial charge in [0.25, 0.3) is 0 Å². The molecule has 0 saturated heterocycles. The largest absolute Gasteiger partial charge is 0.494 e. The molecule has 6 nitrogen and oxygen atoms in total. The lowest BCUT2D eigenvalue weighted by Crippen LogP contribution is -2.11. The second-order valence-electron chi connectivity index (χ2n) is 5.48. The summed E-state index contributed by atoms with van der Waals surface area (Å²) in [7, 11) is 1.63. The van der Waals surface area contributed by atoms with E-state index in [1.54, 1.807) is 30.5 Å². The van der Waals surface area contributed by atoms with Gasteiger partial charge in [-0.2, -0.15) is 5.10 Å². The number of pyridine rings is 1. The van der Waals surface area contributed by atoms with Crippen LogP contribution in [0.4, 0.5) is 5.69 Å². The number of aromatic nitrogens is 2. The second-order valence-corrected chi connectivity index (χ2v) is 6.31. The standard InChI is InChI=1S/C20H16N4O2S/c1-25-18-9-3-2-8-16(18)23-20-24(22-13-15-7-4-5-11-21-15)17(14-27-20)19-10-6-12-26-19/h2-14H,1H3. The summed E-state index contributed by atoms with van der Waals surface area (Å²) in [5.41, 5.74) is 2.30. The van der Waals surface area contributed by atoms with Crippen molar-refractivity contribution < 1.29 is 9.15 Å². The summed E-state index contributed by atoms with van der Waals surface area (Å²) in [5, 5.41) is 6.55. The van der Waals surface area contributed by atoms with Gasteiger partial charge in [-0.3, -0.25) is 4.98 Å². The molecule has 0 bridgehead atoms. The number of rotatable bonds is 5. The number of furan rings is 1. The fraction of sp³-hybridized carbons (Fsp3) is 0.0500. The summed E-state index contributed by atoms with van der Waals surface area (Å²) in [6, 6.07) is 17.0. The fourth-order valence-corrected chi connectivity index (χ4v) is 3.31. The Kier molecular flexibility index (Phi) is 4.93. The highest BCUT2D eigenvalue weighted by atomic mass is 32.1. The third-order valence-corrected chi connectivity index (χ3v) is 4.57. The Morgan fingerprint density at radius 2 is 2.00 bits per heavy atom. The van der Waals surface area contributed by atoms with Gasteiger partial charge in [-0.15, -0.1) is 11.3 Å². The Balaban J connectivity index is 1.85. The number of nitrogens with zero attached hydrogens (tertiary/aromatic N) is 4. The van der Waals surface area contributed by atoms with Crippen LogP contribution < -0.4 is 9.54 Å². The summed E-state index contributed by atoms with van der Waals surface area (Å²) in [5.74, 6) is 1.41. The lowest BCUT2D eigenvalue weighted by atomic mass is 10.3. The first-order valence-corrected chi connectivity index (χ1v) is 9.10. The van der Waals surface area contributed by atoms with Gasteiger partial charge in [0.2, 0.25) is 4.80 Å². The van der Waals surface area contributed by atoms with E-state index >= 15 is 0 Å². The fourth-order valence-electron chi connectivity index (χ4n) is 2.48. The van der Waals surface area contributed by atoms with Crippen molar-refractivity contribution in [1.29, 1.82) is 0 Å². The monoisotopic (exact) mass is 376 g/mol. The predicted molar refractivity (Wildman–Crippen MR) is 105 cm³/mol. The molecule has 0 unspecified atom stereocenters. The third-order valence-electron chi connectivity index (χ3n) is 3.75. The number of benzene rings is 1. The SMILES string of the molecule is COc1ccccc1N=c1scc(-c2ccco2)n1N=Cc1ccccn1. The highest BCUT2D eigenvalue weighted by molar-refractivity contribution is 7.07. The van der Waals surface area contributed by atoms with Crippen LogP contribution in [-0.2, 0) is 0 Å². The summed E-state index contributed by atoms with van der Waals surface area (Å²) < 4.78 is 12.7. The van der Waals surface area contributed by atoms with Crippen molar-refractivity contribution >= 4 is 23.2 Å². The lowest BCUT2D eigenvalue weighted by molar-refractivity contribution is 0.416. The molecule has 0 fully saturated rings. The van der Waals surface area contributed by atoms with Gasteiger partial charge in [0.15, 0.2) is 5.76 Å². The van der Waals surface area contributed by atoms with Gasteiger partial charge >= 0.3 is 0 Å². The average Bonchev–Trinajstić information content (AvgIpc) is 3.37. The first kappa shape index (κ1) is 17.0. The molecule has 0 atom stereocenters. The summed E-state index contributed by atoms with van der Waals surface area (Å²) in [6.45, 7) is 0. The predicted octanol–water partition coefficient (Wildman–Crippen LogP) is 4.33. The van der Waals surface area contributed by atoms with E-state index in [-0.39, 0.29) is 0 Å². The lowest BCUT2D eigenvalue weighted by Gasteiger charge is -2.03. The van der Waals surface area contributed by atoms with Crippen LogP contribution in [0.25, 0.3) is 11.5 Å². The minimum Gasteiger partial charge on any atom is -0.494 e. The zero-order chi connectivity index (χ0) is 18.5. The summed E-state index contributed by atoms with van der Waals surface area (Å²) in [4.78, 5) is 9.71. The van der Waals surface area contributed by atoms with Crippen molar-refractivity contribution in [2.24, 2.45) is 10.1 Å². The zero-order valence-corrected chi connectivity index (χ0v) is 15.3. The first-order chi connectivity index (χ1) is 13.3. The Bertz CT molecular complexity index is 1110. The van der Waals surface area contributed by atoms with Crippen LogP contribution in [0.1, 0.15) is 5.69 Å². The molecular formula is C20H16N4O2S. The van der Waals surface area contributed by atoms with E-state index in [1.807, 2.05) is 60.0 Å². The van der Waals surface area contributed by atoms with Crippen molar-refractivity contribution in [3.05, 3.63) is 82.9 Å². The van der Waals surface area contributed by atoms with Gasteiger partial charge in [0.05, 0.1) is 25.3 Å². The van der Waals surface area contributed by atoms with Crippen molar-refractivity contribution in [1.82, 2.24) is 9.66 Å². The molecule has 1 aromatic carbocycles. The molecule has 4 aromatic rings. The van der Waals surface area contributed by atoms with E-state index in [1.165, 1.54) is 11.3 Å². The van der Waals surface area contributed by atoms with Gasteiger partial charge in [0, 0.05) is 11.6 Å². The average molecular weight is 376 g/mol. The Morgan fingerprint density at radius 1 is 1.11 bits per heavy atom. The topological polar surface area (TPSA) is 64.9 Å². The second kappa shape index (κ2) is 7.84. The summed E-state index contributed by atoms with van der Waals surface area (Å²) >= 11 is 1.47. The normalized spacial score (nSPS) is 12.0. The maximum atomic E-state index is 5.55. The number of thiazole rings is 1. The third kappa shape index (κ3) is 3.73. The maximum Gasteiger partial charge on any atom is 0.211 e. The van der Waals surface area contributed by atoms with Crippen molar-refractivity contribution in [3.8, 4) is 17.2 Å². The quantitative estimate of drug-likeness (QED) is 0.487. The molecule has 0 radical (unpaired) electrons. The molecule has 0 aliphatic carbocycles. The van der Waals surface area contributed by atoms with E-state index in [0.29, 0.717) is 16.3 Å². The minimum atomic E-state index is 0.693. The number of hydrogen-bond donors (Lipinski definition) is 0. The molecule has 0 aliphatic rings. The minimum absolute atomic E-state index is 0.693. The van der Waals surface area contributed by atoms with E-state index < -0.39 is 0 Å². The molecule has 4 rings (SSSR count). The molecule has 3 aromatic heterocycles. The van der Waals surface area contributed by atoms with E-state index in [9.17, 15) is 0 Å². The van der Waals surface area contributed by atoms with Gasteiger partial charge in [-0.1, -0.05) is 18.2 Å². The van der Waals surface area contributed by atoms with Gasteiger partial charge in [0.1, 0.15) is 17.1 Å². The maximum absolute atomic E-state index is 5.55. The molecular weight excluding hydrogens is 360 g/mol. The van der Waals surface area contributed by atoms with Crippen molar-refractivity contribution in [2.45, 2.75) is 0 Å². The molecule has 27 heavy (non-hydrogen) atoms. The van der Waals surface area contributed by atoms with Gasteiger partial charge in [-0.05, 0) is 36.4 Å². The highest BCUT2D eigenvalue weighted by Gasteiger charge is 2.10. The van der Waals surface area contributed by atoms with E-state index in [4.69, 9.17) is 14.1 Å². The molecule has 0 saturated carbocycles. The van der Waals surface area contributed by atoms with Gasteiger partial charge in [-0.25, -0.2) is 9.67 Å². The molecule has 0 amide bonds. The van der Waals surface area contributed by atoms with Crippen LogP contribution in [0.15, 0.2) is 86.9 Å². The Morgan fingerprint density at radius 3 is 2.78 bits per heavy atom. The van der Waals surface area contributed by atoms with Crippen LogP contribution in [-0.4, -0.2) is 23.0 Å². The molecule has 3 heterocycles. The Labute approximate surface area is 159 Å². The van der Waals surface area contributed by atoms with Crippen molar-refractivity contribution in [2.75, 3.05) is 7.11 Å². The van der Waals surface area contributed by atoms with Crippen LogP contribution in [0.3, 0.4) is 0 Å². The van der Waals surface area contributed by atoms with Crippen LogP contribution >= 0.6 is 11.3 Å². The van der Waals surface area contributed by atoms with Crippen LogP contribution in [0.2, 0.25) is 0 Å². The van der Waals surface area contributed by atoms with E-state index in [0.717, 1.165) is 17.1 Å². The van der Waals surface area contributed by atoms with E-state index in [2.05, 4.69) is 10.1 Å². The molecule has 0 N–H and O–H groups in total. The number of para-hydroxylation sites is 2. The zero-order valence-electron chi connectivity index (χ0n) is 14.5. The van der Waals surface area contributed by atoms with Crippen molar-refractivity contribution in [3.63, 3.8) is 0 Å². The smallest absolute Gasteiger partial charge is 0.211 e. The number of hydrogen-bond acceptors (Lipinski definition) is 6. The van der Waals surface area contributed by atoms with Gasteiger partial charge < -0.3 is 9.15 Å². The molecule has 7 heteroatoms. The van der Waals surface area contributed by atoms with Crippen LogP contribution in [0, 0.1) is 0 Å².